The molecule has 350 valence electrons. The lowest BCUT2D eigenvalue weighted by Crippen LogP contribution is -2.26. The standard InChI is InChI=1S/C70H50N4/c1-2-68-71-66-33-13-14-36-67(66)74(68)55-28-17-25-50(43-55)51-37-39-58-56-29-9-11-31-60(56)70(62(58)44-51)61-32-12-10-30-57(61)59-40-38-53(45-63(59)70)65-35-18-34-64(52-26-15-23-48(41-52)46-19-5-3-6-20-46)72-69(73-65)54-27-16-24-49(42-54)47-21-7-4-8-22-47/h3-17,19-34,36-45H,2,18,35H2,1H3/b64-34-,72-69?,73-65?. The minimum atomic E-state index is -0.558. The molecule has 0 N–H and O–H groups in total. The quantitative estimate of drug-likeness (QED) is 0.150. The lowest BCUT2D eigenvalue weighted by atomic mass is 9.70. The minimum absolute atomic E-state index is 0.558. The van der Waals surface area contributed by atoms with Crippen LogP contribution < -0.4 is 0 Å². The molecule has 0 bridgehead atoms. The van der Waals surface area contributed by atoms with E-state index in [0.29, 0.717) is 5.84 Å². The Kier molecular flexibility index (Phi) is 10.5. The second-order valence-electron chi connectivity index (χ2n) is 19.6. The zero-order valence-electron chi connectivity index (χ0n) is 41.1. The maximum atomic E-state index is 5.68. The van der Waals surface area contributed by atoms with E-state index < -0.39 is 5.41 Å². The molecule has 1 atom stereocenters. The summed E-state index contributed by atoms with van der Waals surface area (Å²) in [5.41, 5.74) is 25.1. The first-order chi connectivity index (χ1) is 36.6. The average molecular weight is 947 g/mol. The van der Waals surface area contributed by atoms with Gasteiger partial charge in [-0.25, -0.2) is 15.0 Å². The largest absolute Gasteiger partial charge is 0.296 e. The van der Waals surface area contributed by atoms with Crippen molar-refractivity contribution in [2.45, 2.75) is 31.6 Å². The highest BCUT2D eigenvalue weighted by Crippen LogP contribution is 2.63. The van der Waals surface area contributed by atoms with Crippen LogP contribution >= 0.6 is 0 Å². The van der Waals surface area contributed by atoms with Crippen molar-refractivity contribution in [1.29, 1.82) is 0 Å². The van der Waals surface area contributed by atoms with Gasteiger partial charge in [-0.05, 0) is 145 Å². The first kappa shape index (κ1) is 43.5. The highest BCUT2D eigenvalue weighted by Gasteiger charge is 2.51. The molecule has 74 heavy (non-hydrogen) atoms. The van der Waals surface area contributed by atoms with Crippen LogP contribution in [0.2, 0.25) is 0 Å². The third-order valence-electron chi connectivity index (χ3n) is 15.5. The molecular formula is C70H50N4. The number of allylic oxidation sites excluding steroid dienone is 1. The van der Waals surface area contributed by atoms with Gasteiger partial charge in [0.25, 0.3) is 0 Å². The van der Waals surface area contributed by atoms with Crippen LogP contribution in [0.15, 0.2) is 259 Å². The van der Waals surface area contributed by atoms with E-state index in [2.05, 4.69) is 260 Å². The van der Waals surface area contributed by atoms with Gasteiger partial charge in [-0.15, -0.1) is 0 Å². The number of para-hydroxylation sites is 2. The van der Waals surface area contributed by atoms with E-state index in [4.69, 9.17) is 15.0 Å². The minimum Gasteiger partial charge on any atom is -0.296 e. The molecule has 4 heteroatoms. The molecule has 4 nitrogen and oxygen atoms in total. The molecule has 0 saturated heterocycles. The third kappa shape index (κ3) is 7.09. The lowest BCUT2D eigenvalue weighted by molar-refractivity contribution is 0.793. The van der Waals surface area contributed by atoms with Gasteiger partial charge in [0, 0.05) is 23.2 Å². The molecule has 14 rings (SSSR count). The third-order valence-corrected chi connectivity index (χ3v) is 15.5. The normalized spacial score (nSPS) is 16.0. The Morgan fingerprint density at radius 2 is 0.919 bits per heavy atom. The summed E-state index contributed by atoms with van der Waals surface area (Å²) in [6.07, 6.45) is 4.68. The fourth-order valence-electron chi connectivity index (χ4n) is 12.1. The van der Waals surface area contributed by atoms with Gasteiger partial charge in [0.15, 0.2) is 5.84 Å². The SMILES string of the molecule is CCc1nc2ccccc2n1-c1cccc(-c2ccc3c(c2)C2(c4ccccc4-c4ccc(C5=NC(c6cccc(-c7ccccc7)c6)=N/C(c6cccc(-c7ccccc7)c6)=C\CC5)cc42)c2ccccc2-3)c1. The van der Waals surface area contributed by atoms with E-state index in [1.54, 1.807) is 0 Å². The topological polar surface area (TPSA) is 42.5 Å². The first-order valence-corrected chi connectivity index (χ1v) is 25.9. The van der Waals surface area contributed by atoms with E-state index in [9.17, 15) is 0 Å². The van der Waals surface area contributed by atoms with E-state index in [1.165, 1.54) is 61.2 Å². The van der Waals surface area contributed by atoms with E-state index in [0.717, 1.165) is 86.6 Å². The summed E-state index contributed by atoms with van der Waals surface area (Å²) in [4.78, 5) is 16.2. The number of nitrogens with zero attached hydrogens (tertiary/aromatic N) is 4. The van der Waals surface area contributed by atoms with Crippen LogP contribution in [0.3, 0.4) is 0 Å². The number of amidine groups is 1. The van der Waals surface area contributed by atoms with Crippen LogP contribution in [0.25, 0.3) is 78.1 Å². The maximum Gasteiger partial charge on any atom is 0.160 e. The average Bonchev–Trinajstić information content (AvgIpc) is 4.24. The molecule has 0 radical (unpaired) electrons. The van der Waals surface area contributed by atoms with Crippen molar-refractivity contribution in [2.75, 3.05) is 0 Å². The number of hydrogen-bond acceptors (Lipinski definition) is 3. The number of imidazole rings is 1. The van der Waals surface area contributed by atoms with Crippen LogP contribution in [0.5, 0.6) is 0 Å². The predicted octanol–water partition coefficient (Wildman–Crippen LogP) is 17.0. The Balaban J connectivity index is 0.930. The number of aliphatic imine (C=N–C) groups is 2. The summed E-state index contributed by atoms with van der Waals surface area (Å²) in [5.74, 6) is 1.75. The molecule has 1 spiro atoms. The second kappa shape index (κ2) is 17.8. The van der Waals surface area contributed by atoms with Crippen molar-refractivity contribution < 1.29 is 0 Å². The van der Waals surface area contributed by atoms with Crippen LogP contribution in [0, 0.1) is 0 Å². The molecule has 0 fully saturated rings. The molecule has 1 aromatic heterocycles. The van der Waals surface area contributed by atoms with Gasteiger partial charge in [0.1, 0.15) is 5.82 Å². The predicted molar refractivity (Wildman–Crippen MR) is 306 cm³/mol. The van der Waals surface area contributed by atoms with Crippen LogP contribution in [-0.2, 0) is 11.8 Å². The van der Waals surface area contributed by atoms with Gasteiger partial charge < -0.3 is 0 Å². The number of aromatic nitrogens is 2. The van der Waals surface area contributed by atoms with Gasteiger partial charge in [-0.1, -0.05) is 207 Å². The van der Waals surface area contributed by atoms with Crippen LogP contribution in [0.4, 0.5) is 0 Å². The Morgan fingerprint density at radius 3 is 1.61 bits per heavy atom. The number of hydrogen-bond donors (Lipinski definition) is 0. The van der Waals surface area contributed by atoms with Crippen molar-refractivity contribution >= 4 is 28.3 Å². The second-order valence-corrected chi connectivity index (χ2v) is 19.6. The molecule has 11 aromatic rings. The summed E-state index contributed by atoms with van der Waals surface area (Å²) < 4.78 is 2.32. The van der Waals surface area contributed by atoms with Crippen molar-refractivity contribution in [2.24, 2.45) is 9.98 Å². The highest BCUT2D eigenvalue weighted by atomic mass is 15.1. The van der Waals surface area contributed by atoms with E-state index >= 15 is 0 Å². The maximum absolute atomic E-state index is 5.68. The number of rotatable bonds is 8. The molecule has 1 aliphatic heterocycles. The Bertz CT molecular complexity index is 4100. The monoisotopic (exact) mass is 946 g/mol. The molecule has 2 aliphatic carbocycles. The van der Waals surface area contributed by atoms with E-state index in [-0.39, 0.29) is 0 Å². The fourth-order valence-corrected chi connectivity index (χ4v) is 12.1. The molecule has 2 heterocycles. The zero-order valence-corrected chi connectivity index (χ0v) is 41.1. The molecule has 1 unspecified atom stereocenters. The van der Waals surface area contributed by atoms with Crippen LogP contribution in [-0.4, -0.2) is 21.1 Å². The number of fused-ring (bicyclic) bond motifs is 11. The summed E-state index contributed by atoms with van der Waals surface area (Å²) in [5, 5.41) is 0. The fraction of sp³-hybridized carbons (Fsp3) is 0.0714. The number of aryl methyl sites for hydroxylation is 1. The van der Waals surface area contributed by atoms with Crippen LogP contribution in [0.1, 0.15) is 64.5 Å². The molecule has 0 amide bonds. The van der Waals surface area contributed by atoms with Gasteiger partial charge >= 0.3 is 0 Å². The Labute approximate surface area is 432 Å². The highest BCUT2D eigenvalue weighted by molar-refractivity contribution is 6.15. The van der Waals surface area contributed by atoms with Crippen molar-refractivity contribution in [3.05, 3.63) is 293 Å². The molecular weight excluding hydrogens is 897 g/mol. The first-order valence-electron chi connectivity index (χ1n) is 25.9. The molecule has 0 saturated carbocycles. The molecule has 3 aliphatic rings. The van der Waals surface area contributed by atoms with E-state index in [1.807, 2.05) is 0 Å². The van der Waals surface area contributed by atoms with Gasteiger partial charge in [0.2, 0.25) is 0 Å². The van der Waals surface area contributed by atoms with Gasteiger partial charge in [-0.2, -0.15) is 0 Å². The van der Waals surface area contributed by atoms with Crippen molar-refractivity contribution in [3.8, 4) is 61.3 Å². The zero-order chi connectivity index (χ0) is 49.2. The van der Waals surface area contributed by atoms with Crippen molar-refractivity contribution in [1.82, 2.24) is 9.55 Å². The summed E-state index contributed by atoms with van der Waals surface area (Å²) in [6.45, 7) is 2.18. The summed E-state index contributed by atoms with van der Waals surface area (Å²) in [7, 11) is 0. The van der Waals surface area contributed by atoms with Gasteiger partial charge in [-0.3, -0.25) is 4.57 Å². The van der Waals surface area contributed by atoms with Crippen molar-refractivity contribution in [3.63, 3.8) is 0 Å². The van der Waals surface area contributed by atoms with Gasteiger partial charge in [0.05, 0.1) is 27.9 Å². The Hall–Kier alpha value is -9.25. The molecule has 10 aromatic carbocycles. The number of benzene rings is 10. The summed E-state index contributed by atoms with van der Waals surface area (Å²) >= 11 is 0. The lowest BCUT2D eigenvalue weighted by Gasteiger charge is -2.31. The Morgan fingerprint density at radius 1 is 0.405 bits per heavy atom. The smallest absolute Gasteiger partial charge is 0.160 e. The summed E-state index contributed by atoms with van der Waals surface area (Å²) in [6, 6.07) is 88.5.